The molecule has 0 N–H and O–H groups in total. The first-order valence-corrected chi connectivity index (χ1v) is 15.7. The van der Waals surface area contributed by atoms with Crippen LogP contribution in [0.15, 0.2) is 96.8 Å². The molecule has 0 spiro atoms. The number of hydrogen-bond acceptors (Lipinski definition) is 0. The van der Waals surface area contributed by atoms with Crippen molar-refractivity contribution >= 4 is 5.83 Å². The summed E-state index contributed by atoms with van der Waals surface area (Å²) in [7, 11) is 0. The monoisotopic (exact) mass is 664 g/mol. The van der Waals surface area contributed by atoms with Crippen LogP contribution in [0.4, 0.5) is 35.1 Å². The molecule has 0 amide bonds. The molecule has 8 heteroatoms. The van der Waals surface area contributed by atoms with Crippen LogP contribution in [-0.2, 0) is 12.8 Å². The summed E-state index contributed by atoms with van der Waals surface area (Å²) in [4.78, 5) is 0. The fourth-order valence-corrected chi connectivity index (χ4v) is 5.59. The first kappa shape index (κ1) is 34.6. The molecule has 0 radical (unpaired) electrons. The lowest BCUT2D eigenvalue weighted by atomic mass is 9.95. The Hall–Kier alpha value is -4.72. The number of rotatable bonds is 12. The van der Waals surface area contributed by atoms with Crippen molar-refractivity contribution < 1.29 is 35.1 Å². The van der Waals surface area contributed by atoms with Crippen molar-refractivity contribution in [2.45, 2.75) is 51.9 Å². The molecule has 5 rings (SSSR count). The Balaban J connectivity index is 1.28. The van der Waals surface area contributed by atoms with Crippen molar-refractivity contribution in [3.8, 4) is 33.4 Å². The highest BCUT2D eigenvalue weighted by Crippen LogP contribution is 2.35. The molecule has 5 aromatic rings. The van der Waals surface area contributed by atoms with Gasteiger partial charge in [-0.3, -0.25) is 0 Å². The summed E-state index contributed by atoms with van der Waals surface area (Å²) in [5.41, 5.74) is 1.98. The lowest BCUT2D eigenvalue weighted by Gasteiger charge is -2.12. The van der Waals surface area contributed by atoms with Gasteiger partial charge in [0.1, 0.15) is 23.3 Å². The highest BCUT2D eigenvalue weighted by molar-refractivity contribution is 5.75. The Bertz CT molecular complexity index is 1880. The average molecular weight is 665 g/mol. The van der Waals surface area contributed by atoms with Gasteiger partial charge in [0.25, 0.3) is 0 Å². The summed E-state index contributed by atoms with van der Waals surface area (Å²) < 4.78 is 115. The van der Waals surface area contributed by atoms with Crippen molar-refractivity contribution in [1.29, 1.82) is 0 Å². The first-order chi connectivity index (χ1) is 23.0. The molecule has 0 heterocycles. The van der Waals surface area contributed by atoms with Crippen LogP contribution in [0.5, 0.6) is 0 Å². The maximum Gasteiger partial charge on any atom is 0.194 e. The third kappa shape index (κ3) is 8.04. The van der Waals surface area contributed by atoms with E-state index in [0.717, 1.165) is 55.2 Å². The maximum absolute atomic E-state index is 15.3. The smallest absolute Gasteiger partial charge is 0.194 e. The molecular formula is C40H32F8. The highest BCUT2D eigenvalue weighted by Gasteiger charge is 2.18. The molecule has 248 valence electrons. The molecule has 0 saturated carbocycles. The third-order valence-corrected chi connectivity index (χ3v) is 8.27. The predicted octanol–water partition coefficient (Wildman–Crippen LogP) is 12.9. The van der Waals surface area contributed by atoms with Gasteiger partial charge in [0, 0.05) is 17.5 Å². The van der Waals surface area contributed by atoms with E-state index in [-0.39, 0.29) is 35.1 Å². The molecule has 0 atom stereocenters. The summed E-state index contributed by atoms with van der Waals surface area (Å²) in [5.74, 6) is -8.36. The summed E-state index contributed by atoms with van der Waals surface area (Å²) >= 11 is 0. The zero-order valence-electron chi connectivity index (χ0n) is 26.1. The number of aryl methyl sites for hydroxylation is 2. The second-order valence-corrected chi connectivity index (χ2v) is 11.7. The summed E-state index contributed by atoms with van der Waals surface area (Å²) in [6.07, 6.45) is 3.96. The van der Waals surface area contributed by atoms with Crippen molar-refractivity contribution in [2.75, 3.05) is 0 Å². The molecule has 0 unspecified atom stereocenters. The molecule has 0 nitrogen and oxygen atoms in total. The fourth-order valence-electron chi connectivity index (χ4n) is 5.59. The van der Waals surface area contributed by atoms with Crippen LogP contribution in [0, 0.1) is 34.9 Å². The van der Waals surface area contributed by atoms with Gasteiger partial charge in [0.05, 0.1) is 5.56 Å². The van der Waals surface area contributed by atoms with Gasteiger partial charge >= 0.3 is 0 Å². The van der Waals surface area contributed by atoms with E-state index >= 15 is 13.2 Å². The molecule has 0 aliphatic heterocycles. The summed E-state index contributed by atoms with van der Waals surface area (Å²) in [5, 5.41) is 0. The van der Waals surface area contributed by atoms with Crippen LogP contribution >= 0.6 is 0 Å². The molecule has 0 saturated heterocycles. The Labute approximate surface area is 274 Å². The van der Waals surface area contributed by atoms with Crippen LogP contribution in [0.25, 0.3) is 39.2 Å². The molecule has 0 aromatic heterocycles. The predicted molar refractivity (Wildman–Crippen MR) is 174 cm³/mol. The van der Waals surface area contributed by atoms with Crippen molar-refractivity contribution in [1.82, 2.24) is 0 Å². The first-order valence-electron chi connectivity index (χ1n) is 15.7. The Morgan fingerprint density at radius 3 is 1.67 bits per heavy atom. The van der Waals surface area contributed by atoms with E-state index in [1.807, 2.05) is 6.92 Å². The highest BCUT2D eigenvalue weighted by atomic mass is 19.2. The van der Waals surface area contributed by atoms with Gasteiger partial charge in [0.2, 0.25) is 0 Å². The van der Waals surface area contributed by atoms with Gasteiger partial charge in [-0.05, 0) is 83.0 Å². The normalized spacial score (nSPS) is 11.9. The van der Waals surface area contributed by atoms with Crippen LogP contribution in [0.2, 0.25) is 0 Å². The number of hydrogen-bond donors (Lipinski definition) is 0. The largest absolute Gasteiger partial charge is 0.209 e. The SMILES string of the molecule is CCCCCC/C(F)=C(\F)c1ccc(-c2cc(F)c(-c3ccc(-c4ccc(CCc5cc(F)c(F)c(F)c5)cc4)c(F)c3)c(F)c2)cc1. The van der Waals surface area contributed by atoms with Gasteiger partial charge in [-0.1, -0.05) is 86.8 Å². The second kappa shape index (κ2) is 15.5. The molecule has 0 bridgehead atoms. The van der Waals surface area contributed by atoms with E-state index in [0.29, 0.717) is 29.5 Å². The van der Waals surface area contributed by atoms with E-state index < -0.39 is 52.1 Å². The van der Waals surface area contributed by atoms with Crippen LogP contribution < -0.4 is 0 Å². The van der Waals surface area contributed by atoms with Gasteiger partial charge in [0.15, 0.2) is 23.3 Å². The minimum absolute atomic E-state index is 0.00750. The van der Waals surface area contributed by atoms with Gasteiger partial charge in [-0.15, -0.1) is 0 Å². The lowest BCUT2D eigenvalue weighted by Crippen LogP contribution is -1.97. The van der Waals surface area contributed by atoms with Crippen molar-refractivity contribution in [2.24, 2.45) is 0 Å². The van der Waals surface area contributed by atoms with E-state index in [4.69, 9.17) is 0 Å². The third-order valence-electron chi connectivity index (χ3n) is 8.27. The fraction of sp³-hybridized carbons (Fsp3) is 0.200. The Morgan fingerprint density at radius 1 is 0.500 bits per heavy atom. The number of unbranched alkanes of at least 4 members (excludes halogenated alkanes) is 3. The minimum Gasteiger partial charge on any atom is -0.209 e. The Morgan fingerprint density at radius 2 is 1.06 bits per heavy atom. The zero-order chi connectivity index (χ0) is 34.4. The van der Waals surface area contributed by atoms with E-state index in [9.17, 15) is 22.0 Å². The summed E-state index contributed by atoms with van der Waals surface area (Å²) in [6.45, 7) is 2.03. The molecule has 5 aromatic carbocycles. The van der Waals surface area contributed by atoms with Gasteiger partial charge < -0.3 is 0 Å². The van der Waals surface area contributed by atoms with Gasteiger partial charge in [-0.25, -0.2) is 35.1 Å². The second-order valence-electron chi connectivity index (χ2n) is 11.7. The topological polar surface area (TPSA) is 0 Å². The molecule has 0 fully saturated rings. The van der Waals surface area contributed by atoms with Crippen LogP contribution in [0.3, 0.4) is 0 Å². The molecule has 48 heavy (non-hydrogen) atoms. The van der Waals surface area contributed by atoms with Gasteiger partial charge in [-0.2, -0.15) is 0 Å². The standard InChI is InChI=1S/C40H32F8/c1-2-3-4-5-6-32(41)39(47)28-15-13-26(14-16-28)30-22-34(43)38(35(44)23-30)29-17-18-31(33(42)21-29)27-11-9-24(10-12-27)7-8-25-19-36(45)40(48)37(46)20-25/h9-23H,2-8H2,1H3/b39-32+. The van der Waals surface area contributed by atoms with E-state index in [1.54, 1.807) is 24.3 Å². The molecular weight excluding hydrogens is 632 g/mol. The van der Waals surface area contributed by atoms with Crippen molar-refractivity contribution in [3.05, 3.63) is 148 Å². The minimum atomic E-state index is -1.52. The number of halogens is 8. The molecule has 0 aliphatic rings. The van der Waals surface area contributed by atoms with E-state index in [2.05, 4.69) is 0 Å². The van der Waals surface area contributed by atoms with E-state index in [1.165, 1.54) is 36.4 Å². The maximum atomic E-state index is 15.3. The lowest BCUT2D eigenvalue weighted by molar-refractivity contribution is 0.445. The quantitative estimate of drug-likeness (QED) is 0.0707. The van der Waals surface area contributed by atoms with Crippen LogP contribution in [0.1, 0.15) is 55.7 Å². The zero-order valence-corrected chi connectivity index (χ0v) is 26.1. The average Bonchev–Trinajstić information content (AvgIpc) is 3.08. The Kier molecular flexibility index (Phi) is 11.1. The number of allylic oxidation sites excluding steroid dienone is 1. The number of benzene rings is 5. The summed E-state index contributed by atoms with van der Waals surface area (Å²) in [6, 6.07) is 20.3. The van der Waals surface area contributed by atoms with Crippen molar-refractivity contribution in [3.63, 3.8) is 0 Å². The van der Waals surface area contributed by atoms with Crippen LogP contribution in [-0.4, -0.2) is 0 Å². The molecule has 0 aliphatic carbocycles.